The Kier molecular flexibility index (Phi) is 5.13. The number of aliphatic hydroxyl groups is 1. The third-order valence-corrected chi connectivity index (χ3v) is 3.92. The molecule has 0 amide bonds. The van der Waals surface area contributed by atoms with Crippen LogP contribution < -0.4 is 0 Å². The molecule has 19 heavy (non-hydrogen) atoms. The first-order valence-electron chi connectivity index (χ1n) is 5.91. The molecule has 0 aliphatic heterocycles. The third kappa shape index (κ3) is 4.41. The van der Waals surface area contributed by atoms with Gasteiger partial charge in [-0.1, -0.05) is 34.1 Å². The highest BCUT2D eigenvalue weighted by atomic mass is 79.9. The molecule has 0 bridgehead atoms. The Bertz CT molecular complexity index is 572. The molecule has 1 unspecified atom stereocenters. The predicted molar refractivity (Wildman–Crippen MR) is 81.7 cm³/mol. The smallest absolute Gasteiger partial charge is 0.137 e. The Morgan fingerprint density at radius 2 is 1.68 bits per heavy atom. The van der Waals surface area contributed by atoms with Crippen LogP contribution >= 0.6 is 31.9 Å². The van der Waals surface area contributed by atoms with Crippen LogP contribution in [0, 0.1) is 5.82 Å². The van der Waals surface area contributed by atoms with E-state index in [9.17, 15) is 9.50 Å². The van der Waals surface area contributed by atoms with E-state index in [2.05, 4.69) is 31.9 Å². The second-order valence-corrected chi connectivity index (χ2v) is 6.21. The zero-order chi connectivity index (χ0) is 13.8. The number of benzene rings is 2. The summed E-state index contributed by atoms with van der Waals surface area (Å²) in [5.41, 5.74) is 1.99. The molecule has 1 N–H and O–H groups in total. The van der Waals surface area contributed by atoms with E-state index in [1.807, 2.05) is 24.3 Å². The summed E-state index contributed by atoms with van der Waals surface area (Å²) >= 11 is 6.56. The fourth-order valence-corrected chi connectivity index (χ4v) is 2.82. The maximum atomic E-state index is 13.1. The summed E-state index contributed by atoms with van der Waals surface area (Å²) in [5, 5.41) is 10.1. The Morgan fingerprint density at radius 1 is 1.00 bits per heavy atom. The van der Waals surface area contributed by atoms with E-state index in [1.54, 1.807) is 12.1 Å². The SMILES string of the molecule is OC(Cc1cccc(Br)c1)Cc1ccc(F)c(Br)c1. The van der Waals surface area contributed by atoms with Gasteiger partial charge in [0, 0.05) is 4.47 Å². The van der Waals surface area contributed by atoms with Gasteiger partial charge in [-0.3, -0.25) is 0 Å². The van der Waals surface area contributed by atoms with Gasteiger partial charge in [0.15, 0.2) is 0 Å². The van der Waals surface area contributed by atoms with Crippen molar-refractivity contribution in [3.8, 4) is 0 Å². The first kappa shape index (κ1) is 14.7. The molecule has 4 heteroatoms. The van der Waals surface area contributed by atoms with Gasteiger partial charge < -0.3 is 5.11 Å². The molecule has 0 aliphatic rings. The Labute approximate surface area is 128 Å². The van der Waals surface area contributed by atoms with Crippen molar-refractivity contribution in [2.24, 2.45) is 0 Å². The molecule has 0 saturated heterocycles. The quantitative estimate of drug-likeness (QED) is 0.818. The van der Waals surface area contributed by atoms with Gasteiger partial charge in [-0.25, -0.2) is 4.39 Å². The topological polar surface area (TPSA) is 20.2 Å². The van der Waals surface area contributed by atoms with Crippen molar-refractivity contribution in [1.82, 2.24) is 0 Å². The lowest BCUT2D eigenvalue weighted by molar-refractivity contribution is 0.175. The first-order valence-corrected chi connectivity index (χ1v) is 7.49. The average molecular weight is 388 g/mol. The lowest BCUT2D eigenvalue weighted by atomic mass is 10.0. The minimum atomic E-state index is -0.480. The van der Waals surface area contributed by atoms with Crippen molar-refractivity contribution in [2.45, 2.75) is 18.9 Å². The van der Waals surface area contributed by atoms with Crippen LogP contribution in [-0.2, 0) is 12.8 Å². The van der Waals surface area contributed by atoms with Gasteiger partial charge in [-0.15, -0.1) is 0 Å². The highest BCUT2D eigenvalue weighted by molar-refractivity contribution is 9.10. The molecule has 2 aromatic carbocycles. The molecular weight excluding hydrogens is 375 g/mol. The zero-order valence-electron chi connectivity index (χ0n) is 10.1. The molecule has 0 radical (unpaired) electrons. The van der Waals surface area contributed by atoms with Crippen LogP contribution in [0.3, 0.4) is 0 Å². The molecule has 1 atom stereocenters. The molecular formula is C15H13Br2FO. The van der Waals surface area contributed by atoms with E-state index < -0.39 is 6.10 Å². The summed E-state index contributed by atoms with van der Waals surface area (Å²) in [6.07, 6.45) is 0.603. The van der Waals surface area contributed by atoms with Gasteiger partial charge in [0.05, 0.1) is 10.6 Å². The number of halogens is 3. The van der Waals surface area contributed by atoms with Gasteiger partial charge in [0.25, 0.3) is 0 Å². The highest BCUT2D eigenvalue weighted by Crippen LogP contribution is 2.19. The normalized spacial score (nSPS) is 12.4. The van der Waals surface area contributed by atoms with Crippen LogP contribution in [0.15, 0.2) is 51.4 Å². The molecule has 1 nitrogen and oxygen atoms in total. The summed E-state index contributed by atoms with van der Waals surface area (Å²) in [7, 11) is 0. The largest absolute Gasteiger partial charge is 0.392 e. The first-order chi connectivity index (χ1) is 9.04. The summed E-state index contributed by atoms with van der Waals surface area (Å²) in [6, 6.07) is 12.7. The van der Waals surface area contributed by atoms with Crippen LogP contribution in [-0.4, -0.2) is 11.2 Å². The van der Waals surface area contributed by atoms with Crippen LogP contribution in [0.1, 0.15) is 11.1 Å². The molecule has 2 rings (SSSR count). The number of aliphatic hydroxyl groups excluding tert-OH is 1. The molecule has 100 valence electrons. The second kappa shape index (κ2) is 6.64. The fraction of sp³-hybridized carbons (Fsp3) is 0.200. The van der Waals surface area contributed by atoms with Crippen molar-refractivity contribution < 1.29 is 9.50 Å². The molecule has 0 aliphatic carbocycles. The average Bonchev–Trinajstić information content (AvgIpc) is 2.34. The van der Waals surface area contributed by atoms with E-state index in [1.165, 1.54) is 6.07 Å². The Hall–Kier alpha value is -0.710. The number of hydrogen-bond donors (Lipinski definition) is 1. The summed E-state index contributed by atoms with van der Waals surface area (Å²) < 4.78 is 14.5. The lowest BCUT2D eigenvalue weighted by Gasteiger charge is -2.11. The van der Waals surface area contributed by atoms with Crippen LogP contribution in [0.25, 0.3) is 0 Å². The molecule has 0 fully saturated rings. The minimum Gasteiger partial charge on any atom is -0.392 e. The van der Waals surface area contributed by atoms with Crippen molar-refractivity contribution >= 4 is 31.9 Å². The predicted octanol–water partition coefficient (Wildman–Crippen LogP) is 4.50. The van der Waals surface area contributed by atoms with E-state index >= 15 is 0 Å². The van der Waals surface area contributed by atoms with E-state index in [0.717, 1.165) is 15.6 Å². The Balaban J connectivity index is 2.01. The standard InChI is InChI=1S/C15H13Br2FO/c16-12-3-1-2-10(6-12)7-13(19)8-11-4-5-15(18)14(17)9-11/h1-6,9,13,19H,7-8H2. The molecule has 0 heterocycles. The van der Waals surface area contributed by atoms with Gasteiger partial charge in [-0.2, -0.15) is 0 Å². The summed E-state index contributed by atoms with van der Waals surface area (Å²) in [6.45, 7) is 0. The van der Waals surface area contributed by atoms with Gasteiger partial charge in [0.1, 0.15) is 5.82 Å². The lowest BCUT2D eigenvalue weighted by Crippen LogP contribution is -2.14. The van der Waals surface area contributed by atoms with Crippen LogP contribution in [0.4, 0.5) is 4.39 Å². The van der Waals surface area contributed by atoms with Gasteiger partial charge in [-0.05, 0) is 64.2 Å². The summed E-state index contributed by atoms with van der Waals surface area (Å²) in [4.78, 5) is 0. The third-order valence-electron chi connectivity index (χ3n) is 2.82. The number of rotatable bonds is 4. The molecule has 2 aromatic rings. The van der Waals surface area contributed by atoms with E-state index in [-0.39, 0.29) is 5.82 Å². The maximum Gasteiger partial charge on any atom is 0.137 e. The van der Waals surface area contributed by atoms with Gasteiger partial charge >= 0.3 is 0 Å². The Morgan fingerprint density at radius 3 is 2.32 bits per heavy atom. The molecule has 0 aromatic heterocycles. The van der Waals surface area contributed by atoms with Gasteiger partial charge in [0.2, 0.25) is 0 Å². The van der Waals surface area contributed by atoms with Crippen LogP contribution in [0.2, 0.25) is 0 Å². The molecule has 0 saturated carbocycles. The minimum absolute atomic E-state index is 0.287. The van der Waals surface area contributed by atoms with Crippen LogP contribution in [0.5, 0.6) is 0 Å². The van der Waals surface area contributed by atoms with Crippen molar-refractivity contribution in [1.29, 1.82) is 0 Å². The monoisotopic (exact) mass is 386 g/mol. The van der Waals surface area contributed by atoms with E-state index in [4.69, 9.17) is 0 Å². The second-order valence-electron chi connectivity index (χ2n) is 4.44. The van der Waals surface area contributed by atoms with Crippen molar-refractivity contribution in [3.63, 3.8) is 0 Å². The summed E-state index contributed by atoms with van der Waals surface area (Å²) in [5.74, 6) is -0.287. The van der Waals surface area contributed by atoms with Crippen molar-refractivity contribution in [2.75, 3.05) is 0 Å². The van der Waals surface area contributed by atoms with E-state index in [0.29, 0.717) is 17.3 Å². The zero-order valence-corrected chi connectivity index (χ0v) is 13.3. The number of hydrogen-bond acceptors (Lipinski definition) is 1. The molecule has 0 spiro atoms. The van der Waals surface area contributed by atoms with Crippen molar-refractivity contribution in [3.05, 3.63) is 68.4 Å². The fourth-order valence-electron chi connectivity index (χ4n) is 1.95. The maximum absolute atomic E-state index is 13.1. The highest BCUT2D eigenvalue weighted by Gasteiger charge is 2.09.